The molecule has 0 aliphatic carbocycles. The first-order valence-electron chi connectivity index (χ1n) is 6.70. The molecular weight excluding hydrogens is 231 g/mol. The molecule has 1 aliphatic heterocycles. The molecule has 0 spiro atoms. The molecule has 0 amide bonds. The summed E-state index contributed by atoms with van der Waals surface area (Å²) in [5.41, 5.74) is 1.92. The van der Waals surface area contributed by atoms with Crippen LogP contribution in [0.5, 0.6) is 0 Å². The van der Waals surface area contributed by atoms with Crippen LogP contribution in [0.25, 0.3) is 0 Å². The summed E-state index contributed by atoms with van der Waals surface area (Å²) in [5, 5.41) is 10.1. The van der Waals surface area contributed by atoms with Crippen LogP contribution in [0.3, 0.4) is 0 Å². The van der Waals surface area contributed by atoms with E-state index in [9.17, 15) is 9.50 Å². The van der Waals surface area contributed by atoms with E-state index in [0.717, 1.165) is 30.6 Å². The number of hydrogen-bond acceptors (Lipinski definition) is 2. The molecule has 0 radical (unpaired) electrons. The predicted octanol–water partition coefficient (Wildman–Crippen LogP) is 3.00. The second-order valence-corrected chi connectivity index (χ2v) is 5.15. The van der Waals surface area contributed by atoms with E-state index in [1.54, 1.807) is 6.07 Å². The van der Waals surface area contributed by atoms with Crippen LogP contribution in [0, 0.1) is 12.7 Å². The minimum absolute atomic E-state index is 0.169. The van der Waals surface area contributed by atoms with E-state index in [1.807, 2.05) is 6.92 Å². The molecule has 1 aromatic carbocycles. The third-order valence-electron chi connectivity index (χ3n) is 3.58. The number of rotatable bonds is 4. The minimum atomic E-state index is -0.450. The SMILES string of the molecule is Cc1ccc(F)cc1CC(O)CC1CCCCO1. The van der Waals surface area contributed by atoms with Gasteiger partial charge in [-0.3, -0.25) is 0 Å². The van der Waals surface area contributed by atoms with E-state index < -0.39 is 6.10 Å². The second-order valence-electron chi connectivity index (χ2n) is 5.15. The molecule has 0 aromatic heterocycles. The van der Waals surface area contributed by atoms with Crippen molar-refractivity contribution in [2.24, 2.45) is 0 Å². The Hall–Kier alpha value is -0.930. The van der Waals surface area contributed by atoms with Crippen molar-refractivity contribution in [3.8, 4) is 0 Å². The molecule has 1 heterocycles. The van der Waals surface area contributed by atoms with Crippen molar-refractivity contribution < 1.29 is 14.2 Å². The minimum Gasteiger partial charge on any atom is -0.393 e. The highest BCUT2D eigenvalue weighted by atomic mass is 19.1. The van der Waals surface area contributed by atoms with Gasteiger partial charge in [0.2, 0.25) is 0 Å². The first kappa shape index (κ1) is 13.5. The van der Waals surface area contributed by atoms with Gasteiger partial charge in [0.1, 0.15) is 5.82 Å². The highest BCUT2D eigenvalue weighted by Gasteiger charge is 2.18. The average molecular weight is 252 g/mol. The Morgan fingerprint density at radius 2 is 2.28 bits per heavy atom. The van der Waals surface area contributed by atoms with Crippen molar-refractivity contribution >= 4 is 0 Å². The lowest BCUT2D eigenvalue weighted by Crippen LogP contribution is -2.26. The van der Waals surface area contributed by atoms with Crippen LogP contribution in [0.2, 0.25) is 0 Å². The normalized spacial score (nSPS) is 21.8. The lowest BCUT2D eigenvalue weighted by atomic mass is 9.97. The maximum atomic E-state index is 13.1. The summed E-state index contributed by atoms with van der Waals surface area (Å²) in [6, 6.07) is 4.73. The first-order valence-corrected chi connectivity index (χ1v) is 6.70. The van der Waals surface area contributed by atoms with Gasteiger partial charge in [-0.1, -0.05) is 6.07 Å². The van der Waals surface area contributed by atoms with Crippen molar-refractivity contribution in [1.82, 2.24) is 0 Å². The topological polar surface area (TPSA) is 29.5 Å². The molecule has 0 bridgehead atoms. The van der Waals surface area contributed by atoms with Gasteiger partial charge in [-0.15, -0.1) is 0 Å². The molecule has 100 valence electrons. The molecule has 3 heteroatoms. The summed E-state index contributed by atoms with van der Waals surface area (Å²) in [7, 11) is 0. The zero-order valence-electron chi connectivity index (χ0n) is 10.9. The van der Waals surface area contributed by atoms with E-state index in [1.165, 1.54) is 18.6 Å². The second kappa shape index (κ2) is 6.30. The van der Waals surface area contributed by atoms with Gasteiger partial charge in [-0.05, 0) is 62.3 Å². The number of hydrogen-bond donors (Lipinski definition) is 1. The maximum Gasteiger partial charge on any atom is 0.123 e. The van der Waals surface area contributed by atoms with E-state index in [0.29, 0.717) is 12.8 Å². The van der Waals surface area contributed by atoms with E-state index in [4.69, 9.17) is 4.74 Å². The Morgan fingerprint density at radius 3 is 3.00 bits per heavy atom. The molecule has 1 aliphatic rings. The van der Waals surface area contributed by atoms with Crippen molar-refractivity contribution in [2.45, 2.75) is 51.2 Å². The monoisotopic (exact) mass is 252 g/mol. The Bertz CT molecular complexity index is 386. The number of benzene rings is 1. The van der Waals surface area contributed by atoms with Crippen molar-refractivity contribution in [3.63, 3.8) is 0 Å². The molecule has 2 atom stereocenters. The summed E-state index contributed by atoms with van der Waals surface area (Å²) >= 11 is 0. The van der Waals surface area contributed by atoms with Gasteiger partial charge in [0.25, 0.3) is 0 Å². The molecule has 1 aromatic rings. The van der Waals surface area contributed by atoms with Gasteiger partial charge >= 0.3 is 0 Å². The lowest BCUT2D eigenvalue weighted by molar-refractivity contribution is -0.0148. The zero-order valence-corrected chi connectivity index (χ0v) is 10.9. The van der Waals surface area contributed by atoms with Crippen LogP contribution in [-0.4, -0.2) is 23.9 Å². The highest BCUT2D eigenvalue weighted by molar-refractivity contribution is 5.27. The third kappa shape index (κ3) is 3.79. The summed E-state index contributed by atoms with van der Waals surface area (Å²) in [5.74, 6) is -0.239. The summed E-state index contributed by atoms with van der Waals surface area (Å²) < 4.78 is 18.8. The Kier molecular flexibility index (Phi) is 4.72. The Balaban J connectivity index is 1.89. The molecule has 2 nitrogen and oxygen atoms in total. The van der Waals surface area contributed by atoms with Crippen LogP contribution in [0.1, 0.15) is 36.8 Å². The molecule has 1 N–H and O–H groups in total. The smallest absolute Gasteiger partial charge is 0.123 e. The fraction of sp³-hybridized carbons (Fsp3) is 0.600. The summed E-state index contributed by atoms with van der Waals surface area (Å²) in [6.07, 6.45) is 4.20. The average Bonchev–Trinajstić information content (AvgIpc) is 2.35. The number of aliphatic hydroxyl groups excluding tert-OH is 1. The highest BCUT2D eigenvalue weighted by Crippen LogP contribution is 2.20. The molecule has 18 heavy (non-hydrogen) atoms. The largest absolute Gasteiger partial charge is 0.393 e. The van der Waals surface area contributed by atoms with Crippen LogP contribution >= 0.6 is 0 Å². The van der Waals surface area contributed by atoms with Crippen molar-refractivity contribution in [2.75, 3.05) is 6.61 Å². The van der Waals surface area contributed by atoms with Crippen LogP contribution < -0.4 is 0 Å². The lowest BCUT2D eigenvalue weighted by Gasteiger charge is -2.25. The summed E-state index contributed by atoms with van der Waals surface area (Å²) in [6.45, 7) is 2.75. The zero-order chi connectivity index (χ0) is 13.0. The third-order valence-corrected chi connectivity index (χ3v) is 3.58. The quantitative estimate of drug-likeness (QED) is 0.892. The van der Waals surface area contributed by atoms with Crippen LogP contribution in [0.4, 0.5) is 4.39 Å². The molecule has 1 fully saturated rings. The maximum absolute atomic E-state index is 13.1. The fourth-order valence-corrected chi connectivity index (χ4v) is 2.49. The number of ether oxygens (including phenoxy) is 1. The molecule has 1 saturated heterocycles. The van der Waals surface area contributed by atoms with Gasteiger partial charge in [0.05, 0.1) is 12.2 Å². The van der Waals surface area contributed by atoms with Crippen LogP contribution in [0.15, 0.2) is 18.2 Å². The van der Waals surface area contributed by atoms with Gasteiger partial charge in [-0.2, -0.15) is 0 Å². The van der Waals surface area contributed by atoms with Crippen molar-refractivity contribution in [1.29, 1.82) is 0 Å². The molecule has 0 saturated carbocycles. The van der Waals surface area contributed by atoms with E-state index >= 15 is 0 Å². The van der Waals surface area contributed by atoms with E-state index in [2.05, 4.69) is 0 Å². The fourth-order valence-electron chi connectivity index (χ4n) is 2.49. The Morgan fingerprint density at radius 1 is 1.44 bits per heavy atom. The van der Waals surface area contributed by atoms with Gasteiger partial charge in [0, 0.05) is 6.61 Å². The molecular formula is C15H21FO2. The van der Waals surface area contributed by atoms with Gasteiger partial charge in [-0.25, -0.2) is 4.39 Å². The first-order chi connectivity index (χ1) is 8.65. The number of halogens is 1. The predicted molar refractivity (Wildman–Crippen MR) is 69.1 cm³/mol. The van der Waals surface area contributed by atoms with Crippen LogP contribution in [-0.2, 0) is 11.2 Å². The van der Waals surface area contributed by atoms with E-state index in [-0.39, 0.29) is 11.9 Å². The number of aryl methyl sites for hydroxylation is 1. The number of aliphatic hydroxyl groups is 1. The van der Waals surface area contributed by atoms with Gasteiger partial charge in [0.15, 0.2) is 0 Å². The Labute approximate surface area is 108 Å². The van der Waals surface area contributed by atoms with Crippen molar-refractivity contribution in [3.05, 3.63) is 35.1 Å². The molecule has 2 unspecified atom stereocenters. The standard InChI is InChI=1S/C15H21FO2/c1-11-5-6-13(16)8-12(11)9-14(17)10-15-4-2-3-7-18-15/h5-6,8,14-15,17H,2-4,7,9-10H2,1H3. The summed E-state index contributed by atoms with van der Waals surface area (Å²) in [4.78, 5) is 0. The van der Waals surface area contributed by atoms with Gasteiger partial charge < -0.3 is 9.84 Å². The molecule has 2 rings (SSSR count).